The van der Waals surface area contributed by atoms with Crippen molar-refractivity contribution in [3.63, 3.8) is 0 Å². The Kier molecular flexibility index (Phi) is 2.25. The van der Waals surface area contributed by atoms with E-state index in [9.17, 15) is 0 Å². The summed E-state index contributed by atoms with van der Waals surface area (Å²) >= 11 is 0. The number of hydrogen-bond acceptors (Lipinski definition) is 0. The van der Waals surface area contributed by atoms with Crippen molar-refractivity contribution in [1.82, 2.24) is 0 Å². The quantitative estimate of drug-likeness (QED) is 0.479. The third-order valence-electron chi connectivity index (χ3n) is 3.77. The van der Waals surface area contributed by atoms with Crippen molar-refractivity contribution >= 4 is 0 Å². The molecule has 0 heterocycles. The summed E-state index contributed by atoms with van der Waals surface area (Å²) in [6.07, 6.45) is 10.7. The van der Waals surface area contributed by atoms with Crippen molar-refractivity contribution < 1.29 is 0 Å². The van der Waals surface area contributed by atoms with Crippen LogP contribution in [0.4, 0.5) is 0 Å². The van der Waals surface area contributed by atoms with E-state index in [0.29, 0.717) is 0 Å². The molecule has 0 nitrogen and oxygen atoms in total. The molecular weight excluding hydrogens is 144 g/mol. The minimum Gasteiger partial charge on any atom is -0.0848 e. The van der Waals surface area contributed by atoms with Gasteiger partial charge in [-0.05, 0) is 36.5 Å². The Bertz CT molecular complexity index is 180. The zero-order valence-corrected chi connectivity index (χ0v) is 8.22. The molecule has 2 aliphatic carbocycles. The van der Waals surface area contributed by atoms with Crippen LogP contribution in [0.3, 0.4) is 0 Å². The van der Waals surface area contributed by atoms with Crippen LogP contribution < -0.4 is 0 Å². The van der Waals surface area contributed by atoms with Crippen molar-refractivity contribution in [2.45, 2.75) is 39.5 Å². The van der Waals surface area contributed by atoms with Crippen LogP contribution in [0.2, 0.25) is 0 Å². The second-order valence-corrected chi connectivity index (χ2v) is 4.47. The number of hydrogen-bond donors (Lipinski definition) is 0. The van der Waals surface area contributed by atoms with Crippen LogP contribution in [0.15, 0.2) is 12.2 Å². The Morgan fingerprint density at radius 3 is 2.75 bits per heavy atom. The molecule has 2 aliphatic rings. The van der Waals surface area contributed by atoms with Crippen LogP contribution in [-0.4, -0.2) is 0 Å². The molecule has 0 aromatic carbocycles. The fourth-order valence-electron chi connectivity index (χ4n) is 2.75. The standard InChI is InChI=1S/C12H19/c1-9-7-8-11-5-3-4-6-12(11)10(9)2/h7-9,11-12H,3-6H2,1-2H3. The third-order valence-corrected chi connectivity index (χ3v) is 3.77. The van der Waals surface area contributed by atoms with E-state index < -0.39 is 0 Å². The Hall–Kier alpha value is -0.260. The predicted molar refractivity (Wildman–Crippen MR) is 52.7 cm³/mol. The van der Waals surface area contributed by atoms with E-state index in [0.717, 1.165) is 17.8 Å². The summed E-state index contributed by atoms with van der Waals surface area (Å²) in [5.41, 5.74) is 0. The maximum Gasteiger partial charge on any atom is -0.0170 e. The Morgan fingerprint density at radius 1 is 1.17 bits per heavy atom. The molecule has 3 atom stereocenters. The van der Waals surface area contributed by atoms with Crippen LogP contribution in [0.1, 0.15) is 39.5 Å². The van der Waals surface area contributed by atoms with Crippen LogP contribution in [0, 0.1) is 23.7 Å². The van der Waals surface area contributed by atoms with Crippen LogP contribution in [0.5, 0.6) is 0 Å². The van der Waals surface area contributed by atoms with Gasteiger partial charge in [0, 0.05) is 0 Å². The summed E-state index contributed by atoms with van der Waals surface area (Å²) in [7, 11) is 0. The summed E-state index contributed by atoms with van der Waals surface area (Å²) in [6.45, 7) is 4.69. The summed E-state index contributed by atoms with van der Waals surface area (Å²) in [5, 5.41) is 0. The number of allylic oxidation sites excluding steroid dienone is 2. The molecule has 0 heteroatoms. The lowest BCUT2D eigenvalue weighted by Crippen LogP contribution is -2.29. The van der Waals surface area contributed by atoms with Crippen LogP contribution in [-0.2, 0) is 0 Å². The fraction of sp³-hybridized carbons (Fsp3) is 0.750. The zero-order chi connectivity index (χ0) is 8.55. The molecule has 0 saturated heterocycles. The van der Waals surface area contributed by atoms with Crippen molar-refractivity contribution in [3.8, 4) is 0 Å². The smallest absolute Gasteiger partial charge is 0.0170 e. The molecule has 12 heavy (non-hydrogen) atoms. The van der Waals surface area contributed by atoms with Crippen molar-refractivity contribution in [1.29, 1.82) is 0 Å². The molecule has 0 bridgehead atoms. The maximum atomic E-state index is 2.47. The molecule has 0 aromatic rings. The van der Waals surface area contributed by atoms with E-state index in [2.05, 4.69) is 26.0 Å². The summed E-state index contributed by atoms with van der Waals surface area (Å²) in [4.78, 5) is 0. The molecule has 1 saturated carbocycles. The summed E-state index contributed by atoms with van der Waals surface area (Å²) in [5.74, 6) is 4.31. The van der Waals surface area contributed by atoms with E-state index >= 15 is 0 Å². The van der Waals surface area contributed by atoms with Gasteiger partial charge in [-0.15, -0.1) is 0 Å². The van der Waals surface area contributed by atoms with E-state index in [1.165, 1.54) is 25.7 Å². The second-order valence-electron chi connectivity index (χ2n) is 4.47. The SMILES string of the molecule is C[C]1C(C)C=CC2CCCCC12. The van der Waals surface area contributed by atoms with E-state index in [1.54, 1.807) is 5.92 Å². The molecule has 3 unspecified atom stereocenters. The van der Waals surface area contributed by atoms with Gasteiger partial charge in [-0.3, -0.25) is 0 Å². The first kappa shape index (κ1) is 8.34. The van der Waals surface area contributed by atoms with E-state index in [1.807, 2.05) is 0 Å². The molecule has 1 radical (unpaired) electrons. The lowest BCUT2D eigenvalue weighted by Gasteiger charge is -2.39. The van der Waals surface area contributed by atoms with E-state index in [-0.39, 0.29) is 0 Å². The Labute approximate surface area is 76.1 Å². The molecule has 1 fully saturated rings. The molecule has 2 rings (SSSR count). The third kappa shape index (κ3) is 1.32. The second kappa shape index (κ2) is 3.24. The largest absolute Gasteiger partial charge is 0.0848 e. The van der Waals surface area contributed by atoms with Gasteiger partial charge in [0.2, 0.25) is 0 Å². The first-order chi connectivity index (χ1) is 5.79. The first-order valence-electron chi connectivity index (χ1n) is 5.30. The molecule has 0 amide bonds. The van der Waals surface area contributed by atoms with Gasteiger partial charge >= 0.3 is 0 Å². The number of fused-ring (bicyclic) bond motifs is 1. The van der Waals surface area contributed by atoms with Gasteiger partial charge in [0.15, 0.2) is 0 Å². The monoisotopic (exact) mass is 163 g/mol. The highest BCUT2D eigenvalue weighted by atomic mass is 14.4. The van der Waals surface area contributed by atoms with Gasteiger partial charge in [0.25, 0.3) is 0 Å². The Balaban J connectivity index is 2.13. The average molecular weight is 163 g/mol. The number of rotatable bonds is 0. The highest BCUT2D eigenvalue weighted by Gasteiger charge is 2.32. The van der Waals surface area contributed by atoms with Gasteiger partial charge in [0.05, 0.1) is 0 Å². The zero-order valence-electron chi connectivity index (χ0n) is 8.22. The normalized spacial score (nSPS) is 42.7. The lowest BCUT2D eigenvalue weighted by molar-refractivity contribution is 0.265. The molecular formula is C12H19. The molecule has 0 aliphatic heterocycles. The van der Waals surface area contributed by atoms with Gasteiger partial charge in [-0.25, -0.2) is 0 Å². The van der Waals surface area contributed by atoms with Crippen molar-refractivity contribution in [2.24, 2.45) is 17.8 Å². The average Bonchev–Trinajstić information content (AvgIpc) is 2.12. The minimum atomic E-state index is 0.740. The highest BCUT2D eigenvalue weighted by Crippen LogP contribution is 2.43. The van der Waals surface area contributed by atoms with Crippen LogP contribution in [0.25, 0.3) is 0 Å². The highest BCUT2D eigenvalue weighted by molar-refractivity contribution is 5.16. The summed E-state index contributed by atoms with van der Waals surface area (Å²) in [6, 6.07) is 0. The molecule has 0 N–H and O–H groups in total. The van der Waals surface area contributed by atoms with Crippen molar-refractivity contribution in [2.75, 3.05) is 0 Å². The van der Waals surface area contributed by atoms with Crippen LogP contribution >= 0.6 is 0 Å². The van der Waals surface area contributed by atoms with Gasteiger partial charge in [0.1, 0.15) is 0 Å². The van der Waals surface area contributed by atoms with E-state index in [4.69, 9.17) is 0 Å². The Morgan fingerprint density at radius 2 is 1.92 bits per heavy atom. The predicted octanol–water partition coefficient (Wildman–Crippen LogP) is 3.59. The lowest BCUT2D eigenvalue weighted by atomic mass is 9.66. The first-order valence-corrected chi connectivity index (χ1v) is 5.30. The maximum absolute atomic E-state index is 2.47. The molecule has 67 valence electrons. The summed E-state index contributed by atoms with van der Waals surface area (Å²) < 4.78 is 0. The topological polar surface area (TPSA) is 0 Å². The fourth-order valence-corrected chi connectivity index (χ4v) is 2.75. The minimum absolute atomic E-state index is 0.740. The van der Waals surface area contributed by atoms with Gasteiger partial charge in [-0.2, -0.15) is 0 Å². The van der Waals surface area contributed by atoms with Gasteiger partial charge in [-0.1, -0.05) is 38.8 Å². The molecule has 0 spiro atoms. The van der Waals surface area contributed by atoms with Gasteiger partial charge < -0.3 is 0 Å². The van der Waals surface area contributed by atoms with Crippen molar-refractivity contribution in [3.05, 3.63) is 18.1 Å². The molecule has 0 aromatic heterocycles.